The molecule has 3 aromatic rings. The predicted molar refractivity (Wildman–Crippen MR) is 121 cm³/mol. The number of hydrogen-bond acceptors (Lipinski definition) is 5. The quantitative estimate of drug-likeness (QED) is 0.503. The number of carbonyl (C=O) groups excluding carboxylic acids is 1. The molecule has 0 aliphatic rings. The van der Waals surface area contributed by atoms with Gasteiger partial charge in [0, 0.05) is 16.9 Å². The zero-order valence-corrected chi connectivity index (χ0v) is 18.5. The van der Waals surface area contributed by atoms with Gasteiger partial charge in [0.15, 0.2) is 0 Å². The molecule has 0 aromatic heterocycles. The Balaban J connectivity index is 1.80. The summed E-state index contributed by atoms with van der Waals surface area (Å²) in [6.45, 7) is 2.36. The van der Waals surface area contributed by atoms with Crippen LogP contribution in [0.2, 0.25) is 5.02 Å². The van der Waals surface area contributed by atoms with Crippen LogP contribution in [0.4, 0.5) is 11.4 Å². The van der Waals surface area contributed by atoms with Crippen molar-refractivity contribution in [3.8, 4) is 11.5 Å². The summed E-state index contributed by atoms with van der Waals surface area (Å²) in [7, 11) is -2.48. The zero-order valence-electron chi connectivity index (χ0n) is 16.9. The van der Waals surface area contributed by atoms with Crippen molar-refractivity contribution in [3.63, 3.8) is 0 Å². The van der Waals surface area contributed by atoms with E-state index in [4.69, 9.17) is 21.1 Å². The Morgan fingerprint density at radius 2 is 1.55 bits per heavy atom. The van der Waals surface area contributed by atoms with E-state index in [1.807, 2.05) is 6.92 Å². The number of amides is 1. The van der Waals surface area contributed by atoms with Crippen molar-refractivity contribution in [1.82, 2.24) is 0 Å². The van der Waals surface area contributed by atoms with Crippen LogP contribution < -0.4 is 19.5 Å². The topological polar surface area (TPSA) is 93.7 Å². The number of rotatable bonds is 8. The van der Waals surface area contributed by atoms with Crippen molar-refractivity contribution >= 4 is 38.9 Å². The van der Waals surface area contributed by atoms with E-state index in [1.165, 1.54) is 18.2 Å². The molecule has 0 aliphatic heterocycles. The molecular weight excluding hydrogens is 440 g/mol. The van der Waals surface area contributed by atoms with E-state index in [9.17, 15) is 13.2 Å². The van der Waals surface area contributed by atoms with Crippen molar-refractivity contribution in [3.05, 3.63) is 77.3 Å². The van der Waals surface area contributed by atoms with Gasteiger partial charge in [0.05, 0.1) is 18.7 Å². The Hall–Kier alpha value is -3.23. The Bertz CT molecular complexity index is 1160. The van der Waals surface area contributed by atoms with E-state index in [0.717, 1.165) is 0 Å². The van der Waals surface area contributed by atoms with Crippen molar-refractivity contribution in [2.24, 2.45) is 0 Å². The third kappa shape index (κ3) is 5.68. The first kappa shape index (κ1) is 22.5. The third-order valence-corrected chi connectivity index (χ3v) is 6.11. The summed E-state index contributed by atoms with van der Waals surface area (Å²) >= 11 is 6.13. The first-order chi connectivity index (χ1) is 14.8. The number of sulfonamides is 1. The molecule has 0 radical (unpaired) electrons. The van der Waals surface area contributed by atoms with E-state index < -0.39 is 15.9 Å². The van der Waals surface area contributed by atoms with Crippen molar-refractivity contribution in [2.45, 2.75) is 11.8 Å². The first-order valence-electron chi connectivity index (χ1n) is 9.33. The van der Waals surface area contributed by atoms with Gasteiger partial charge in [0.2, 0.25) is 0 Å². The lowest BCUT2D eigenvalue weighted by Crippen LogP contribution is -2.16. The summed E-state index contributed by atoms with van der Waals surface area (Å²) in [5.41, 5.74) is 1.03. The van der Waals surface area contributed by atoms with Gasteiger partial charge >= 0.3 is 0 Å². The molecule has 0 unspecified atom stereocenters. The summed E-state index contributed by atoms with van der Waals surface area (Å²) in [5.74, 6) is 0.804. The second-order valence-electron chi connectivity index (χ2n) is 6.39. The Morgan fingerprint density at radius 3 is 2.16 bits per heavy atom. The number of benzene rings is 3. The molecule has 3 rings (SSSR count). The minimum atomic E-state index is -4.03. The number of anilines is 2. The molecule has 162 valence electrons. The molecule has 1 amide bonds. The summed E-state index contributed by atoms with van der Waals surface area (Å²) in [6.07, 6.45) is 0. The van der Waals surface area contributed by atoms with Crippen LogP contribution in [0.3, 0.4) is 0 Å². The molecular formula is C22H21ClN2O5S. The standard InChI is InChI=1S/C22H21ClN2O5S/c1-3-30-19-11-7-17(8-12-19)25-31(27,28)21-14-15(4-13-20(21)23)22(26)24-16-5-9-18(29-2)10-6-16/h4-14,25H,3H2,1-2H3,(H,24,26). The molecule has 0 heterocycles. The monoisotopic (exact) mass is 460 g/mol. The van der Waals surface area contributed by atoms with Crippen molar-refractivity contribution in [1.29, 1.82) is 0 Å². The lowest BCUT2D eigenvalue weighted by Gasteiger charge is -2.12. The molecule has 0 saturated heterocycles. The smallest absolute Gasteiger partial charge is 0.263 e. The maximum Gasteiger partial charge on any atom is 0.263 e. The van der Waals surface area contributed by atoms with Gasteiger partial charge in [-0.05, 0) is 73.7 Å². The SMILES string of the molecule is CCOc1ccc(NS(=O)(=O)c2cc(C(=O)Nc3ccc(OC)cc3)ccc2Cl)cc1. The molecule has 0 atom stereocenters. The molecule has 3 aromatic carbocycles. The Kier molecular flexibility index (Phi) is 7.04. The minimum absolute atomic E-state index is 0.000524. The molecule has 31 heavy (non-hydrogen) atoms. The van der Waals surface area contributed by atoms with Crippen molar-refractivity contribution in [2.75, 3.05) is 23.8 Å². The van der Waals surface area contributed by atoms with Gasteiger partial charge in [-0.15, -0.1) is 0 Å². The van der Waals surface area contributed by atoms with Gasteiger partial charge in [-0.2, -0.15) is 0 Å². The number of carbonyl (C=O) groups is 1. The highest BCUT2D eigenvalue weighted by Gasteiger charge is 2.20. The largest absolute Gasteiger partial charge is 0.497 e. The second-order valence-corrected chi connectivity index (χ2v) is 8.45. The van der Waals surface area contributed by atoms with Gasteiger partial charge in [-0.1, -0.05) is 11.6 Å². The van der Waals surface area contributed by atoms with Gasteiger partial charge in [-0.25, -0.2) is 8.42 Å². The van der Waals surface area contributed by atoms with Crippen LogP contribution in [0.1, 0.15) is 17.3 Å². The molecule has 0 saturated carbocycles. The fourth-order valence-corrected chi connectivity index (χ4v) is 4.31. The Morgan fingerprint density at radius 1 is 0.935 bits per heavy atom. The minimum Gasteiger partial charge on any atom is -0.497 e. The van der Waals surface area contributed by atoms with Crippen LogP contribution in [0.15, 0.2) is 71.6 Å². The fourth-order valence-electron chi connectivity index (χ4n) is 2.72. The van der Waals surface area contributed by atoms with E-state index in [-0.39, 0.29) is 15.5 Å². The highest BCUT2D eigenvalue weighted by molar-refractivity contribution is 7.92. The van der Waals surface area contributed by atoms with E-state index >= 15 is 0 Å². The van der Waals surface area contributed by atoms with Crippen LogP contribution in [-0.4, -0.2) is 28.0 Å². The molecule has 0 bridgehead atoms. The highest BCUT2D eigenvalue weighted by atomic mass is 35.5. The van der Waals surface area contributed by atoms with E-state index in [1.54, 1.807) is 55.6 Å². The zero-order chi connectivity index (χ0) is 22.4. The van der Waals surface area contributed by atoms with E-state index in [0.29, 0.717) is 29.5 Å². The maximum atomic E-state index is 12.9. The molecule has 0 aliphatic carbocycles. The van der Waals surface area contributed by atoms with Gasteiger partial charge in [0.1, 0.15) is 16.4 Å². The number of methoxy groups -OCH3 is 1. The lowest BCUT2D eigenvalue weighted by molar-refractivity contribution is 0.102. The van der Waals surface area contributed by atoms with Crippen LogP contribution in [0.5, 0.6) is 11.5 Å². The predicted octanol–water partition coefficient (Wildman–Crippen LogP) is 4.80. The number of nitrogens with one attached hydrogen (secondary N) is 2. The molecule has 0 spiro atoms. The van der Waals surface area contributed by atoms with Crippen LogP contribution >= 0.6 is 11.6 Å². The third-order valence-electron chi connectivity index (χ3n) is 4.25. The summed E-state index contributed by atoms with van der Waals surface area (Å²) in [5, 5.41) is 2.71. The average molecular weight is 461 g/mol. The maximum absolute atomic E-state index is 12.9. The fraction of sp³-hybridized carbons (Fsp3) is 0.136. The summed E-state index contributed by atoms with van der Waals surface area (Å²) in [6, 6.07) is 17.3. The van der Waals surface area contributed by atoms with Crippen molar-refractivity contribution < 1.29 is 22.7 Å². The number of halogens is 1. The van der Waals surface area contributed by atoms with Crippen LogP contribution in [0, 0.1) is 0 Å². The highest BCUT2D eigenvalue weighted by Crippen LogP contribution is 2.26. The number of hydrogen-bond donors (Lipinski definition) is 2. The second kappa shape index (κ2) is 9.72. The van der Waals surface area contributed by atoms with E-state index in [2.05, 4.69) is 10.0 Å². The van der Waals surface area contributed by atoms with Gasteiger partial charge in [-0.3, -0.25) is 9.52 Å². The number of ether oxygens (including phenoxy) is 2. The molecule has 7 nitrogen and oxygen atoms in total. The van der Waals surface area contributed by atoms with Crippen LogP contribution in [-0.2, 0) is 10.0 Å². The normalized spacial score (nSPS) is 10.9. The summed E-state index contributed by atoms with van der Waals surface area (Å²) in [4.78, 5) is 12.4. The summed E-state index contributed by atoms with van der Waals surface area (Å²) < 4.78 is 38.6. The van der Waals surface area contributed by atoms with Gasteiger partial charge in [0.25, 0.3) is 15.9 Å². The van der Waals surface area contributed by atoms with Crippen LogP contribution in [0.25, 0.3) is 0 Å². The lowest BCUT2D eigenvalue weighted by atomic mass is 10.2. The molecule has 2 N–H and O–H groups in total. The molecule has 9 heteroatoms. The Labute approximate surface area is 186 Å². The molecule has 0 fully saturated rings. The first-order valence-corrected chi connectivity index (χ1v) is 11.2. The average Bonchev–Trinajstić information content (AvgIpc) is 2.76. The van der Waals surface area contributed by atoms with Gasteiger partial charge < -0.3 is 14.8 Å².